The zero-order valence-electron chi connectivity index (χ0n) is 6.01. The Hall–Kier alpha value is -1.67. The van der Waals surface area contributed by atoms with Crippen LogP contribution in [0.2, 0.25) is 0 Å². The van der Waals surface area contributed by atoms with E-state index in [-0.39, 0.29) is 0 Å². The predicted molar refractivity (Wildman–Crippen MR) is 49.9 cm³/mol. The van der Waals surface area contributed by atoms with E-state index in [1.165, 1.54) is 0 Å². The quantitative estimate of drug-likeness (QED) is 0.224. The molecule has 0 atom stereocenters. The van der Waals surface area contributed by atoms with Crippen LogP contribution >= 0.6 is 12.2 Å². The number of aliphatic imine (C=N–C) groups is 1. The number of benzene rings is 1. The Balaban J connectivity index is 2.99. The van der Waals surface area contributed by atoms with Crippen LogP contribution in [-0.2, 0) is 0 Å². The maximum absolute atomic E-state index is 8.10. The normalized spacial score (nSPS) is 8.00. The maximum Gasteiger partial charge on any atom is 0.0739 e. The first-order valence-electron chi connectivity index (χ1n) is 3.10. The molecule has 0 unspecified atom stereocenters. The summed E-state index contributed by atoms with van der Waals surface area (Å²) in [5.74, 6) is 0. The van der Waals surface area contributed by atoms with Gasteiger partial charge in [0.2, 0.25) is 0 Å². The second-order valence-corrected chi connectivity index (χ2v) is 2.09. The van der Waals surface area contributed by atoms with Crippen LogP contribution in [0.4, 0.5) is 11.4 Å². The van der Waals surface area contributed by atoms with Crippen molar-refractivity contribution in [1.82, 2.24) is 0 Å². The third-order valence-electron chi connectivity index (χ3n) is 1.18. The second kappa shape index (κ2) is 4.26. The lowest BCUT2D eigenvalue weighted by Crippen LogP contribution is -1.62. The van der Waals surface area contributed by atoms with Crippen molar-refractivity contribution in [3.8, 4) is 0 Å². The molecule has 0 spiro atoms. The molecule has 0 aliphatic heterocycles. The van der Waals surface area contributed by atoms with Gasteiger partial charge in [0.25, 0.3) is 0 Å². The fourth-order valence-corrected chi connectivity index (χ4v) is 0.804. The molecule has 1 aromatic rings. The molecule has 0 bridgehead atoms. The number of hydrogen-bond donors (Lipinski definition) is 0. The molecule has 0 fully saturated rings. The molecular formula is C7H4N4S. The average Bonchev–Trinajstić information content (AvgIpc) is 2.09. The monoisotopic (exact) mass is 176 g/mol. The van der Waals surface area contributed by atoms with Crippen LogP contribution in [0.25, 0.3) is 10.4 Å². The molecule has 0 aromatic heterocycles. The van der Waals surface area contributed by atoms with Gasteiger partial charge in [0.15, 0.2) is 0 Å². The SMILES string of the molecule is [N-]=[N+]=Nc1ccc(N=C=S)cc1. The zero-order chi connectivity index (χ0) is 8.81. The molecule has 12 heavy (non-hydrogen) atoms. The van der Waals surface area contributed by atoms with Crippen molar-refractivity contribution in [3.63, 3.8) is 0 Å². The van der Waals surface area contributed by atoms with Crippen molar-refractivity contribution in [2.75, 3.05) is 0 Å². The summed E-state index contributed by atoms with van der Waals surface area (Å²) in [7, 11) is 0. The van der Waals surface area contributed by atoms with E-state index in [0.29, 0.717) is 11.4 Å². The first-order valence-corrected chi connectivity index (χ1v) is 3.50. The molecule has 0 aliphatic rings. The van der Waals surface area contributed by atoms with Gasteiger partial charge in [-0.1, -0.05) is 17.2 Å². The van der Waals surface area contributed by atoms with Gasteiger partial charge in [-0.3, -0.25) is 0 Å². The highest BCUT2D eigenvalue weighted by Gasteiger charge is 1.88. The summed E-state index contributed by atoms with van der Waals surface area (Å²) in [4.78, 5) is 6.38. The zero-order valence-corrected chi connectivity index (χ0v) is 6.82. The van der Waals surface area contributed by atoms with Crippen LogP contribution in [0, 0.1) is 0 Å². The number of azide groups is 1. The fourth-order valence-electron chi connectivity index (χ4n) is 0.698. The number of nitrogens with zero attached hydrogens (tertiary/aromatic N) is 4. The summed E-state index contributed by atoms with van der Waals surface area (Å²) in [6, 6.07) is 6.71. The van der Waals surface area contributed by atoms with Crippen molar-refractivity contribution in [2.24, 2.45) is 10.1 Å². The second-order valence-electron chi connectivity index (χ2n) is 1.91. The third kappa shape index (κ3) is 2.18. The van der Waals surface area contributed by atoms with Gasteiger partial charge in [0.05, 0.1) is 10.8 Å². The van der Waals surface area contributed by atoms with Crippen LogP contribution < -0.4 is 0 Å². The fraction of sp³-hybridized carbons (Fsp3) is 0. The van der Waals surface area contributed by atoms with Gasteiger partial charge in [-0.15, -0.1) is 0 Å². The lowest BCUT2D eigenvalue weighted by atomic mass is 10.3. The summed E-state index contributed by atoms with van der Waals surface area (Å²) < 4.78 is 0. The molecule has 4 nitrogen and oxygen atoms in total. The minimum Gasteiger partial charge on any atom is -0.195 e. The van der Waals surface area contributed by atoms with E-state index >= 15 is 0 Å². The van der Waals surface area contributed by atoms with Gasteiger partial charge in [-0.2, -0.15) is 4.99 Å². The van der Waals surface area contributed by atoms with Crippen LogP contribution in [-0.4, -0.2) is 5.16 Å². The van der Waals surface area contributed by atoms with Gasteiger partial charge >= 0.3 is 0 Å². The van der Waals surface area contributed by atoms with E-state index in [9.17, 15) is 0 Å². The summed E-state index contributed by atoms with van der Waals surface area (Å²) in [6.07, 6.45) is 0. The molecule has 58 valence electrons. The number of rotatable bonds is 2. The highest BCUT2D eigenvalue weighted by atomic mass is 32.1. The van der Waals surface area contributed by atoms with Crippen LogP contribution in [0.15, 0.2) is 34.4 Å². The molecular weight excluding hydrogens is 172 g/mol. The van der Waals surface area contributed by atoms with Gasteiger partial charge in [0.1, 0.15) is 0 Å². The Kier molecular flexibility index (Phi) is 2.99. The Morgan fingerprint density at radius 2 is 1.83 bits per heavy atom. The molecule has 0 N–H and O–H groups in total. The summed E-state index contributed by atoms with van der Waals surface area (Å²) in [5, 5.41) is 5.64. The van der Waals surface area contributed by atoms with E-state index in [1.54, 1.807) is 24.3 Å². The standard InChI is InChI=1S/C7H4N4S/c8-11-10-7-3-1-6(2-4-7)9-5-12/h1-4H. The van der Waals surface area contributed by atoms with Crippen LogP contribution in [0.1, 0.15) is 0 Å². The molecule has 0 heterocycles. The first kappa shape index (κ1) is 8.43. The largest absolute Gasteiger partial charge is 0.195 e. The third-order valence-corrected chi connectivity index (χ3v) is 1.28. The Labute approximate surface area is 74.2 Å². The Morgan fingerprint density at radius 3 is 2.33 bits per heavy atom. The minimum atomic E-state index is 0.556. The Morgan fingerprint density at radius 1 is 1.25 bits per heavy atom. The van der Waals surface area contributed by atoms with Crippen molar-refractivity contribution < 1.29 is 0 Å². The molecule has 1 rings (SSSR count). The lowest BCUT2D eigenvalue weighted by molar-refractivity contribution is 1.46. The van der Waals surface area contributed by atoms with Gasteiger partial charge in [0, 0.05) is 10.6 Å². The van der Waals surface area contributed by atoms with Crippen LogP contribution in [0.5, 0.6) is 0 Å². The molecule has 0 amide bonds. The maximum atomic E-state index is 8.10. The molecule has 5 heteroatoms. The van der Waals surface area contributed by atoms with Crippen molar-refractivity contribution in [1.29, 1.82) is 0 Å². The summed E-state index contributed by atoms with van der Waals surface area (Å²) in [5.41, 5.74) is 9.35. The van der Waals surface area contributed by atoms with E-state index in [1.807, 2.05) is 0 Å². The lowest BCUT2D eigenvalue weighted by Gasteiger charge is -1.90. The smallest absolute Gasteiger partial charge is 0.0739 e. The number of isothiocyanates is 1. The molecule has 1 aromatic carbocycles. The average molecular weight is 176 g/mol. The predicted octanol–water partition coefficient (Wildman–Crippen LogP) is 3.36. The van der Waals surface area contributed by atoms with E-state index in [4.69, 9.17) is 5.53 Å². The highest BCUT2D eigenvalue weighted by molar-refractivity contribution is 7.78. The first-order chi connectivity index (χ1) is 5.86. The van der Waals surface area contributed by atoms with Crippen molar-refractivity contribution in [2.45, 2.75) is 0 Å². The van der Waals surface area contributed by atoms with E-state index in [0.717, 1.165) is 0 Å². The minimum absolute atomic E-state index is 0.556. The number of hydrogen-bond acceptors (Lipinski definition) is 3. The van der Waals surface area contributed by atoms with Gasteiger partial charge < -0.3 is 0 Å². The molecule has 0 aliphatic carbocycles. The van der Waals surface area contributed by atoms with Crippen LogP contribution in [0.3, 0.4) is 0 Å². The molecule has 0 radical (unpaired) electrons. The summed E-state index contributed by atoms with van der Waals surface area (Å²) >= 11 is 4.42. The van der Waals surface area contributed by atoms with Gasteiger partial charge in [-0.25, -0.2) is 0 Å². The molecule has 0 saturated carbocycles. The summed E-state index contributed by atoms with van der Waals surface area (Å²) in [6.45, 7) is 0. The topological polar surface area (TPSA) is 61.1 Å². The van der Waals surface area contributed by atoms with E-state index in [2.05, 4.69) is 32.4 Å². The molecule has 0 saturated heterocycles. The van der Waals surface area contributed by atoms with Gasteiger partial charge in [-0.05, 0) is 29.9 Å². The van der Waals surface area contributed by atoms with Crippen molar-refractivity contribution >= 4 is 28.8 Å². The highest BCUT2D eigenvalue weighted by Crippen LogP contribution is 2.17. The number of thiocarbonyl (C=S) groups is 1. The van der Waals surface area contributed by atoms with Crippen molar-refractivity contribution in [3.05, 3.63) is 34.7 Å². The van der Waals surface area contributed by atoms with E-state index < -0.39 is 0 Å². The Bertz CT molecular complexity index is 320.